The van der Waals surface area contributed by atoms with E-state index in [2.05, 4.69) is 45.2 Å². The second-order valence-electron chi connectivity index (χ2n) is 3.76. The lowest BCUT2D eigenvalue weighted by atomic mass is 10.2. The molecule has 3 nitrogen and oxygen atoms in total. The molecule has 1 fully saturated rings. The Bertz CT molecular complexity index is 578. The van der Waals surface area contributed by atoms with Gasteiger partial charge in [-0.3, -0.25) is 9.69 Å². The average molecular weight is 517 g/mol. The number of carbonyl (C=O) groups is 1. The number of phenolic OH excluding ortho intramolecular Hbond substituents is 1. The van der Waals surface area contributed by atoms with Gasteiger partial charge in [0.15, 0.2) is 0 Å². The molecule has 0 spiro atoms. The SMILES string of the molecule is CCN1C(=O)/C(=C\c2cc(I)c(O)c(I)c2)SC1=S. The molecule has 2 rings (SSSR count). The molecule has 1 aliphatic heterocycles. The molecule has 1 aromatic carbocycles. The van der Waals surface area contributed by atoms with E-state index in [0.717, 1.165) is 12.7 Å². The van der Waals surface area contributed by atoms with Gasteiger partial charge in [-0.1, -0.05) is 24.0 Å². The molecular formula is C12H9I2NO2S2. The van der Waals surface area contributed by atoms with Gasteiger partial charge < -0.3 is 5.11 Å². The van der Waals surface area contributed by atoms with Crippen molar-refractivity contribution in [2.45, 2.75) is 6.92 Å². The Kier molecular flexibility index (Phi) is 5.12. The van der Waals surface area contributed by atoms with Crippen LogP contribution in [-0.2, 0) is 4.79 Å². The highest BCUT2D eigenvalue weighted by Crippen LogP contribution is 2.34. The van der Waals surface area contributed by atoms with Gasteiger partial charge in [0.2, 0.25) is 0 Å². The standard InChI is InChI=1S/C12H9I2NO2S2/c1-2-15-11(17)9(19-12(15)18)5-6-3-7(13)10(16)8(14)4-6/h3-5,16H,2H2,1H3/b9-5+. The molecule has 1 aromatic rings. The number of hydrogen-bond acceptors (Lipinski definition) is 4. The van der Waals surface area contributed by atoms with Crippen molar-refractivity contribution in [3.05, 3.63) is 29.7 Å². The van der Waals surface area contributed by atoms with Gasteiger partial charge in [-0.2, -0.15) is 0 Å². The summed E-state index contributed by atoms with van der Waals surface area (Å²) >= 11 is 10.6. The van der Waals surface area contributed by atoms with Crippen molar-refractivity contribution in [3.63, 3.8) is 0 Å². The minimum absolute atomic E-state index is 0.0457. The van der Waals surface area contributed by atoms with Crippen molar-refractivity contribution >= 4 is 85.5 Å². The predicted octanol–water partition coefficient (Wildman–Crippen LogP) is 3.82. The zero-order valence-electron chi connectivity index (χ0n) is 9.81. The van der Waals surface area contributed by atoms with Crippen LogP contribution in [0.1, 0.15) is 12.5 Å². The van der Waals surface area contributed by atoms with E-state index in [9.17, 15) is 9.90 Å². The lowest BCUT2D eigenvalue weighted by Gasteiger charge is -2.09. The molecule has 1 saturated heterocycles. The molecule has 100 valence electrons. The van der Waals surface area contributed by atoms with Crippen molar-refractivity contribution in [1.29, 1.82) is 0 Å². The molecule has 1 heterocycles. The van der Waals surface area contributed by atoms with E-state index in [1.54, 1.807) is 4.90 Å². The van der Waals surface area contributed by atoms with Gasteiger partial charge in [-0.05, 0) is 75.9 Å². The number of thioether (sulfide) groups is 1. The molecular weight excluding hydrogens is 508 g/mol. The number of amides is 1. The van der Waals surface area contributed by atoms with Crippen LogP contribution in [0.2, 0.25) is 0 Å². The third-order valence-electron chi connectivity index (χ3n) is 2.53. The van der Waals surface area contributed by atoms with E-state index < -0.39 is 0 Å². The number of likely N-dealkylation sites (N-methyl/N-ethyl adjacent to an activating group) is 1. The number of phenols is 1. The van der Waals surface area contributed by atoms with Gasteiger partial charge in [0.25, 0.3) is 5.91 Å². The Labute approximate surface area is 148 Å². The summed E-state index contributed by atoms with van der Waals surface area (Å²) in [5.41, 5.74) is 0.892. The minimum Gasteiger partial charge on any atom is -0.506 e. The molecule has 0 aliphatic carbocycles. The monoisotopic (exact) mass is 517 g/mol. The highest BCUT2D eigenvalue weighted by atomic mass is 127. The molecule has 0 radical (unpaired) electrons. The Hall–Kier alpha value is 0.130. The van der Waals surface area contributed by atoms with Crippen LogP contribution in [0.15, 0.2) is 17.0 Å². The Morgan fingerprint density at radius 3 is 2.47 bits per heavy atom. The molecule has 0 saturated carbocycles. The van der Waals surface area contributed by atoms with Gasteiger partial charge in [0, 0.05) is 6.54 Å². The molecule has 0 unspecified atom stereocenters. The molecule has 0 bridgehead atoms. The number of halogens is 2. The quantitative estimate of drug-likeness (QED) is 0.368. The van der Waals surface area contributed by atoms with Gasteiger partial charge >= 0.3 is 0 Å². The average Bonchev–Trinajstić information content (AvgIpc) is 2.61. The van der Waals surface area contributed by atoms with Crippen LogP contribution in [0, 0.1) is 7.14 Å². The number of benzene rings is 1. The van der Waals surface area contributed by atoms with Crippen LogP contribution in [0.3, 0.4) is 0 Å². The summed E-state index contributed by atoms with van der Waals surface area (Å²) in [5.74, 6) is 0.232. The summed E-state index contributed by atoms with van der Waals surface area (Å²) < 4.78 is 2.13. The van der Waals surface area contributed by atoms with E-state index in [4.69, 9.17) is 12.2 Å². The summed E-state index contributed by atoms with van der Waals surface area (Å²) in [4.78, 5) is 14.3. The summed E-state index contributed by atoms with van der Waals surface area (Å²) in [6.45, 7) is 2.49. The molecule has 19 heavy (non-hydrogen) atoms. The van der Waals surface area contributed by atoms with E-state index in [0.29, 0.717) is 15.8 Å². The van der Waals surface area contributed by atoms with Crippen molar-refractivity contribution in [3.8, 4) is 5.75 Å². The largest absolute Gasteiger partial charge is 0.506 e. The van der Waals surface area contributed by atoms with Crippen molar-refractivity contribution in [2.24, 2.45) is 0 Å². The maximum absolute atomic E-state index is 12.1. The Balaban J connectivity index is 2.38. The summed E-state index contributed by atoms with van der Waals surface area (Å²) in [6.07, 6.45) is 1.82. The molecule has 1 N–H and O–H groups in total. The van der Waals surface area contributed by atoms with Gasteiger partial charge in [-0.15, -0.1) is 0 Å². The zero-order valence-corrected chi connectivity index (χ0v) is 15.8. The molecule has 1 amide bonds. The van der Waals surface area contributed by atoms with Crippen molar-refractivity contribution < 1.29 is 9.90 Å². The van der Waals surface area contributed by atoms with Gasteiger partial charge in [0.05, 0.1) is 12.0 Å². The highest BCUT2D eigenvalue weighted by Gasteiger charge is 2.30. The minimum atomic E-state index is -0.0457. The van der Waals surface area contributed by atoms with Crippen LogP contribution >= 0.6 is 69.2 Å². The second-order valence-corrected chi connectivity index (χ2v) is 7.76. The molecule has 7 heteroatoms. The lowest BCUT2D eigenvalue weighted by Crippen LogP contribution is -2.27. The van der Waals surface area contributed by atoms with Gasteiger partial charge in [0.1, 0.15) is 10.1 Å². The number of hydrogen-bond donors (Lipinski definition) is 1. The first-order valence-electron chi connectivity index (χ1n) is 5.37. The van der Waals surface area contributed by atoms with E-state index >= 15 is 0 Å². The topological polar surface area (TPSA) is 40.5 Å². The molecule has 0 atom stereocenters. The van der Waals surface area contributed by atoms with E-state index in [1.807, 2.05) is 25.1 Å². The van der Waals surface area contributed by atoms with Crippen molar-refractivity contribution in [2.75, 3.05) is 6.54 Å². The predicted molar refractivity (Wildman–Crippen MR) is 99.1 cm³/mol. The van der Waals surface area contributed by atoms with Crippen LogP contribution in [0.25, 0.3) is 6.08 Å². The third kappa shape index (κ3) is 3.24. The molecule has 1 aliphatic rings. The van der Waals surface area contributed by atoms with E-state index in [-0.39, 0.29) is 11.7 Å². The summed E-state index contributed by atoms with van der Waals surface area (Å²) in [7, 11) is 0. The van der Waals surface area contributed by atoms with Crippen LogP contribution in [0.4, 0.5) is 0 Å². The van der Waals surface area contributed by atoms with Crippen molar-refractivity contribution in [1.82, 2.24) is 4.90 Å². The zero-order chi connectivity index (χ0) is 14.2. The Morgan fingerprint density at radius 1 is 1.42 bits per heavy atom. The van der Waals surface area contributed by atoms with Crippen LogP contribution in [-0.4, -0.2) is 26.8 Å². The number of aromatic hydroxyl groups is 1. The maximum Gasteiger partial charge on any atom is 0.266 e. The summed E-state index contributed by atoms with van der Waals surface area (Å²) in [6, 6.07) is 3.69. The highest BCUT2D eigenvalue weighted by molar-refractivity contribution is 14.1. The fourth-order valence-electron chi connectivity index (χ4n) is 1.59. The Morgan fingerprint density at radius 2 is 2.00 bits per heavy atom. The smallest absolute Gasteiger partial charge is 0.266 e. The van der Waals surface area contributed by atoms with Gasteiger partial charge in [-0.25, -0.2) is 0 Å². The third-order valence-corrected chi connectivity index (χ3v) is 5.55. The number of nitrogens with zero attached hydrogens (tertiary/aromatic N) is 1. The number of rotatable bonds is 2. The fourth-order valence-corrected chi connectivity index (χ4v) is 4.79. The lowest BCUT2D eigenvalue weighted by molar-refractivity contribution is -0.121. The maximum atomic E-state index is 12.1. The normalized spacial score (nSPS) is 17.6. The number of carbonyl (C=O) groups excluding carboxylic acids is 1. The first-order chi connectivity index (χ1) is 8.93. The fraction of sp³-hybridized carbons (Fsp3) is 0.167. The van der Waals surface area contributed by atoms with Crippen LogP contribution in [0.5, 0.6) is 5.75 Å². The van der Waals surface area contributed by atoms with Crippen LogP contribution < -0.4 is 0 Å². The second kappa shape index (κ2) is 6.27. The summed E-state index contributed by atoms with van der Waals surface area (Å²) in [5, 5.41) is 9.73. The first kappa shape index (κ1) is 15.5. The number of thiocarbonyl (C=S) groups is 1. The van der Waals surface area contributed by atoms with E-state index in [1.165, 1.54) is 11.8 Å². The molecule has 0 aromatic heterocycles. The first-order valence-corrected chi connectivity index (χ1v) is 8.75.